The van der Waals surface area contributed by atoms with Crippen molar-refractivity contribution in [2.24, 2.45) is 0 Å². The molecule has 1 N–H and O–H groups in total. The molecule has 0 radical (unpaired) electrons. The molecule has 4 aromatic rings. The summed E-state index contributed by atoms with van der Waals surface area (Å²) in [5.74, 6) is -0.229. The van der Waals surface area contributed by atoms with E-state index in [0.29, 0.717) is 22.0 Å². The fraction of sp³-hybridized carbons (Fsp3) is 0.182. The number of sulfonamides is 1. The van der Waals surface area contributed by atoms with Crippen LogP contribution in [0.2, 0.25) is 0 Å². The maximum atomic E-state index is 13.1. The van der Waals surface area contributed by atoms with Crippen LogP contribution in [-0.4, -0.2) is 50.7 Å². The minimum absolute atomic E-state index is 0.0178. The number of sulfone groups is 1. The molecule has 13 heteroatoms. The number of hydrogen-bond acceptors (Lipinski definition) is 8. The number of nitrogens with zero attached hydrogens (tertiary/aromatic N) is 3. The second-order valence-electron chi connectivity index (χ2n) is 7.56. The van der Waals surface area contributed by atoms with Gasteiger partial charge in [0.15, 0.2) is 15.7 Å². The van der Waals surface area contributed by atoms with Crippen LogP contribution in [0.1, 0.15) is 5.56 Å². The minimum Gasteiger partial charge on any atom is -0.495 e. The molecule has 9 nitrogen and oxygen atoms in total. The lowest BCUT2D eigenvalue weighted by atomic mass is 10.2. The Morgan fingerprint density at radius 3 is 2.43 bits per heavy atom. The van der Waals surface area contributed by atoms with Gasteiger partial charge in [0.05, 0.1) is 28.3 Å². The number of aryl methyl sites for hydroxylation is 1. The van der Waals surface area contributed by atoms with E-state index in [1.807, 2.05) is 5.38 Å². The summed E-state index contributed by atoms with van der Waals surface area (Å²) < 4.78 is 72.7. The van der Waals surface area contributed by atoms with Crippen molar-refractivity contribution in [2.75, 3.05) is 23.8 Å². The molecule has 0 saturated heterocycles. The molecule has 0 amide bonds. The first-order chi connectivity index (χ1) is 16.6. The van der Waals surface area contributed by atoms with Gasteiger partial charge in [-0.2, -0.15) is 0 Å². The molecule has 2 heterocycles. The van der Waals surface area contributed by atoms with Crippen LogP contribution in [0.5, 0.6) is 5.75 Å². The summed E-state index contributed by atoms with van der Waals surface area (Å²) in [6.07, 6.45) is 1.22. The Morgan fingerprint density at radius 1 is 1.06 bits per heavy atom. The first-order valence-corrected chi connectivity index (χ1v) is 14.6. The van der Waals surface area contributed by atoms with E-state index in [0.717, 1.165) is 6.26 Å². The van der Waals surface area contributed by atoms with Gasteiger partial charge in [-0.05, 0) is 53.8 Å². The third-order valence-corrected chi connectivity index (χ3v) is 8.25. The lowest BCUT2D eigenvalue weighted by Gasteiger charge is -2.15. The normalized spacial score (nSPS) is 12.0. The molecule has 4 rings (SSSR count). The highest BCUT2D eigenvalue weighted by Crippen LogP contribution is 2.34. The predicted octanol–water partition coefficient (Wildman–Crippen LogP) is 3.53. The molecular weight excluding hydrogens is 515 g/mol. The van der Waals surface area contributed by atoms with E-state index in [-0.39, 0.29) is 28.7 Å². The number of thiophene rings is 1. The van der Waals surface area contributed by atoms with Crippen LogP contribution in [0.4, 0.5) is 10.3 Å². The van der Waals surface area contributed by atoms with Crippen molar-refractivity contribution in [3.8, 4) is 22.1 Å². The lowest BCUT2D eigenvalue weighted by molar-refractivity contribution is 0.412. The molecule has 35 heavy (non-hydrogen) atoms. The number of ether oxygens (including phenoxy) is 1. The molecule has 2 aromatic heterocycles. The molecular formula is C22H21FN4O5S3. The van der Waals surface area contributed by atoms with Gasteiger partial charge < -0.3 is 4.74 Å². The van der Waals surface area contributed by atoms with Gasteiger partial charge in [0.25, 0.3) is 0 Å². The highest BCUT2D eigenvalue weighted by atomic mass is 32.2. The van der Waals surface area contributed by atoms with Crippen LogP contribution in [0.25, 0.3) is 16.4 Å². The van der Waals surface area contributed by atoms with Crippen LogP contribution >= 0.6 is 11.3 Å². The number of rotatable bonds is 9. The highest BCUT2D eigenvalue weighted by Gasteiger charge is 2.24. The zero-order chi connectivity index (χ0) is 25.2. The maximum Gasteiger partial charge on any atom is 0.243 e. The van der Waals surface area contributed by atoms with Crippen LogP contribution in [0, 0.1) is 5.82 Å². The second-order valence-corrected chi connectivity index (χ2v) is 12.4. The van der Waals surface area contributed by atoms with E-state index < -0.39 is 25.7 Å². The fourth-order valence-corrected chi connectivity index (χ4v) is 5.67. The van der Waals surface area contributed by atoms with E-state index in [1.54, 1.807) is 12.1 Å². The van der Waals surface area contributed by atoms with Crippen molar-refractivity contribution >= 4 is 37.1 Å². The van der Waals surface area contributed by atoms with Gasteiger partial charge in [-0.3, -0.25) is 9.29 Å². The Hall–Kier alpha value is -3.29. The Kier molecular flexibility index (Phi) is 6.92. The molecule has 0 saturated carbocycles. The standard InChI is InChI=1S/C22H21FN4O5S3/c1-32-19-10-9-17(34(2,28)29)14-18(19)27-21(20-4-3-12-33-20)24-25-22(27)26-35(30,31)13-11-15-5-7-16(23)8-6-15/h3-10,12,14H,11,13H2,1-2H3,(H,25,26). The number of aromatic nitrogens is 3. The molecule has 0 unspecified atom stereocenters. The lowest BCUT2D eigenvalue weighted by Crippen LogP contribution is -2.21. The number of halogens is 1. The van der Waals surface area contributed by atoms with E-state index in [2.05, 4.69) is 14.9 Å². The Bertz CT molecular complexity index is 1550. The second kappa shape index (κ2) is 9.76. The molecule has 0 spiro atoms. The average molecular weight is 537 g/mol. The number of methoxy groups -OCH3 is 1. The third kappa shape index (κ3) is 5.69. The highest BCUT2D eigenvalue weighted by molar-refractivity contribution is 7.92. The van der Waals surface area contributed by atoms with Gasteiger partial charge in [0.2, 0.25) is 16.0 Å². The molecule has 0 atom stereocenters. The summed E-state index contributed by atoms with van der Waals surface area (Å²) in [7, 11) is -6.06. The summed E-state index contributed by atoms with van der Waals surface area (Å²) in [5, 5.41) is 10.0. The minimum atomic E-state index is -3.91. The van der Waals surface area contributed by atoms with Crippen LogP contribution < -0.4 is 9.46 Å². The molecule has 0 aliphatic rings. The van der Waals surface area contributed by atoms with Gasteiger partial charge in [-0.1, -0.05) is 18.2 Å². The topological polar surface area (TPSA) is 120 Å². The monoisotopic (exact) mass is 536 g/mol. The first-order valence-electron chi connectivity index (χ1n) is 10.2. The van der Waals surface area contributed by atoms with Gasteiger partial charge in [-0.15, -0.1) is 21.5 Å². The van der Waals surface area contributed by atoms with Crippen molar-refractivity contribution in [2.45, 2.75) is 11.3 Å². The third-order valence-electron chi connectivity index (χ3n) is 5.04. The number of hydrogen-bond donors (Lipinski definition) is 1. The van der Waals surface area contributed by atoms with E-state index >= 15 is 0 Å². The average Bonchev–Trinajstić information content (AvgIpc) is 3.47. The summed E-state index contributed by atoms with van der Waals surface area (Å²) in [6.45, 7) is 0. The Morgan fingerprint density at radius 2 is 1.80 bits per heavy atom. The predicted molar refractivity (Wildman–Crippen MR) is 132 cm³/mol. The van der Waals surface area contributed by atoms with Crippen LogP contribution in [-0.2, 0) is 26.3 Å². The van der Waals surface area contributed by atoms with Gasteiger partial charge >= 0.3 is 0 Å². The zero-order valence-electron chi connectivity index (χ0n) is 18.7. The largest absolute Gasteiger partial charge is 0.495 e. The first kappa shape index (κ1) is 24.8. The number of benzene rings is 2. The van der Waals surface area contributed by atoms with Crippen LogP contribution in [0.3, 0.4) is 0 Å². The van der Waals surface area contributed by atoms with Crippen molar-refractivity contribution in [3.05, 3.63) is 71.4 Å². The summed E-state index contributed by atoms with van der Waals surface area (Å²) in [5.41, 5.74) is 0.903. The summed E-state index contributed by atoms with van der Waals surface area (Å²) >= 11 is 1.36. The number of anilines is 1. The van der Waals surface area contributed by atoms with E-state index in [1.165, 1.54) is 65.5 Å². The van der Waals surface area contributed by atoms with Crippen molar-refractivity contribution < 1.29 is 26.0 Å². The van der Waals surface area contributed by atoms with E-state index in [4.69, 9.17) is 4.74 Å². The molecule has 2 aromatic carbocycles. The van der Waals surface area contributed by atoms with Crippen molar-refractivity contribution in [3.63, 3.8) is 0 Å². The molecule has 184 valence electrons. The Balaban J connectivity index is 1.77. The SMILES string of the molecule is COc1ccc(S(C)(=O)=O)cc1-n1c(NS(=O)(=O)CCc2ccc(F)cc2)nnc1-c1cccs1. The fourth-order valence-electron chi connectivity index (χ4n) is 3.31. The van der Waals surface area contributed by atoms with Gasteiger partial charge in [-0.25, -0.2) is 21.2 Å². The number of nitrogens with one attached hydrogen (secondary N) is 1. The quantitative estimate of drug-likeness (QED) is 0.347. The zero-order valence-corrected chi connectivity index (χ0v) is 21.1. The molecule has 0 bridgehead atoms. The maximum absolute atomic E-state index is 13.1. The van der Waals surface area contributed by atoms with Crippen LogP contribution in [0.15, 0.2) is 64.9 Å². The Labute approximate surface area is 206 Å². The molecule has 0 aliphatic heterocycles. The van der Waals surface area contributed by atoms with Gasteiger partial charge in [0.1, 0.15) is 11.6 Å². The summed E-state index contributed by atoms with van der Waals surface area (Å²) in [4.78, 5) is 0.699. The van der Waals surface area contributed by atoms with Crippen molar-refractivity contribution in [1.82, 2.24) is 14.8 Å². The summed E-state index contributed by atoms with van der Waals surface area (Å²) in [6, 6.07) is 13.4. The van der Waals surface area contributed by atoms with E-state index in [9.17, 15) is 21.2 Å². The molecule has 0 fully saturated rings. The van der Waals surface area contributed by atoms with Gasteiger partial charge in [0, 0.05) is 6.26 Å². The smallest absolute Gasteiger partial charge is 0.243 e. The van der Waals surface area contributed by atoms with Crippen molar-refractivity contribution in [1.29, 1.82) is 0 Å². The molecule has 0 aliphatic carbocycles.